The van der Waals surface area contributed by atoms with E-state index in [1.54, 1.807) is 6.92 Å². The summed E-state index contributed by atoms with van der Waals surface area (Å²) in [6, 6.07) is 0. The highest BCUT2D eigenvalue weighted by Crippen LogP contribution is 2.68. The number of ketones is 1. The Morgan fingerprint density at radius 2 is 1.89 bits per heavy atom. The van der Waals surface area contributed by atoms with E-state index >= 15 is 0 Å². The lowest BCUT2D eigenvalue weighted by atomic mass is 9.45. The fourth-order valence-electron chi connectivity index (χ4n) is 7.40. The number of allylic oxidation sites excluding steroid dienone is 2. The molecule has 154 valence electrons. The Morgan fingerprint density at radius 3 is 2.61 bits per heavy atom. The molecule has 0 heterocycles. The van der Waals surface area contributed by atoms with Crippen LogP contribution < -0.4 is 0 Å². The molecule has 4 rings (SSSR count). The first-order chi connectivity index (χ1) is 13.2. The van der Waals surface area contributed by atoms with Crippen molar-refractivity contribution in [1.82, 2.24) is 0 Å². The van der Waals surface area contributed by atoms with E-state index in [0.29, 0.717) is 42.1 Å². The van der Waals surface area contributed by atoms with Crippen LogP contribution in [0.25, 0.3) is 0 Å². The lowest BCUT2D eigenvalue weighted by molar-refractivity contribution is -0.140. The summed E-state index contributed by atoms with van der Waals surface area (Å²) in [5.41, 5.74) is 1.92. The number of hydrogen-bond acceptors (Lipinski definition) is 3. The second kappa shape index (κ2) is 6.81. The Morgan fingerprint density at radius 1 is 1.18 bits per heavy atom. The zero-order chi connectivity index (χ0) is 20.3. The van der Waals surface area contributed by atoms with Gasteiger partial charge in [0.1, 0.15) is 0 Å². The molecule has 0 aliphatic heterocycles. The average molecular weight is 389 g/mol. The van der Waals surface area contributed by atoms with Gasteiger partial charge in [-0.3, -0.25) is 4.79 Å². The first-order valence-electron chi connectivity index (χ1n) is 11.0. The Kier molecular flexibility index (Phi) is 4.83. The van der Waals surface area contributed by atoms with Crippen molar-refractivity contribution in [3.05, 3.63) is 23.0 Å². The van der Waals surface area contributed by atoms with Gasteiger partial charge in [-0.25, -0.2) is 4.79 Å². The summed E-state index contributed by atoms with van der Waals surface area (Å²) in [5.74, 6) is 0.837. The van der Waals surface area contributed by atoms with Gasteiger partial charge in [-0.05, 0) is 91.6 Å². The number of ether oxygens (including phenoxy) is 1. The van der Waals surface area contributed by atoms with Crippen LogP contribution in [0.4, 0.5) is 4.39 Å². The number of carbonyl (C=O) groups is 2. The molecule has 0 N–H and O–H groups in total. The van der Waals surface area contributed by atoms with Crippen LogP contribution in [0.15, 0.2) is 23.0 Å². The predicted molar refractivity (Wildman–Crippen MR) is 106 cm³/mol. The van der Waals surface area contributed by atoms with Crippen molar-refractivity contribution in [2.24, 2.45) is 34.5 Å². The number of halogens is 1. The molecule has 0 spiro atoms. The van der Waals surface area contributed by atoms with Crippen LogP contribution >= 0.6 is 0 Å². The van der Waals surface area contributed by atoms with Crippen molar-refractivity contribution >= 4 is 11.8 Å². The summed E-state index contributed by atoms with van der Waals surface area (Å²) in [6.45, 7) is 8.77. The van der Waals surface area contributed by atoms with E-state index in [9.17, 15) is 14.0 Å². The van der Waals surface area contributed by atoms with Gasteiger partial charge in [0.2, 0.25) is 5.83 Å². The quantitative estimate of drug-likeness (QED) is 0.460. The SMILES string of the molecule is CCOC(=O)C(F)=C1CC[C@H]2[C@@H]3[C@H](C)CC4=CC(=O)CC[C@]4(C)[C@H]3CC[C@]12C. The van der Waals surface area contributed by atoms with Crippen molar-refractivity contribution in [1.29, 1.82) is 0 Å². The smallest absolute Gasteiger partial charge is 0.367 e. The van der Waals surface area contributed by atoms with Crippen LogP contribution in [0.2, 0.25) is 0 Å². The molecule has 3 saturated carbocycles. The first-order valence-corrected chi connectivity index (χ1v) is 11.0. The minimum atomic E-state index is -0.791. The number of rotatable bonds is 2. The van der Waals surface area contributed by atoms with Crippen LogP contribution in [-0.4, -0.2) is 18.4 Å². The van der Waals surface area contributed by atoms with Gasteiger partial charge in [0, 0.05) is 6.42 Å². The number of hydrogen-bond donors (Lipinski definition) is 0. The van der Waals surface area contributed by atoms with Gasteiger partial charge >= 0.3 is 5.97 Å². The van der Waals surface area contributed by atoms with Gasteiger partial charge in [-0.2, -0.15) is 4.39 Å². The van der Waals surface area contributed by atoms with E-state index < -0.39 is 11.8 Å². The van der Waals surface area contributed by atoms with Crippen molar-refractivity contribution in [3.63, 3.8) is 0 Å². The molecule has 4 aliphatic rings. The Labute approximate surface area is 167 Å². The molecule has 0 bridgehead atoms. The standard InChI is InChI=1S/C24H33FO3/c1-5-28-22(27)21(25)19-7-6-17-20-14(2)12-15-13-16(26)8-10-23(15,3)18(20)9-11-24(17,19)4/h13-14,17-18,20H,5-12H2,1-4H3/t14-,17+,18+,20+,23+,24+/m1/s1. The van der Waals surface area contributed by atoms with Crippen molar-refractivity contribution in [2.45, 2.75) is 72.6 Å². The molecule has 0 aromatic carbocycles. The van der Waals surface area contributed by atoms with Gasteiger partial charge in [-0.1, -0.05) is 26.3 Å². The highest BCUT2D eigenvalue weighted by molar-refractivity contribution is 5.91. The predicted octanol–water partition coefficient (Wildman–Crippen LogP) is 5.55. The Hall–Kier alpha value is -1.45. The second-order valence-corrected chi connectivity index (χ2v) is 10.0. The fourth-order valence-corrected chi connectivity index (χ4v) is 7.40. The molecule has 4 aliphatic carbocycles. The largest absolute Gasteiger partial charge is 0.461 e. The molecular formula is C24H33FO3. The molecule has 3 nitrogen and oxygen atoms in total. The van der Waals surface area contributed by atoms with Gasteiger partial charge < -0.3 is 4.74 Å². The van der Waals surface area contributed by atoms with Crippen LogP contribution in [0.5, 0.6) is 0 Å². The van der Waals surface area contributed by atoms with Gasteiger partial charge in [0.05, 0.1) is 6.61 Å². The molecule has 0 amide bonds. The zero-order valence-corrected chi connectivity index (χ0v) is 17.6. The van der Waals surface area contributed by atoms with Crippen LogP contribution in [0.3, 0.4) is 0 Å². The summed E-state index contributed by atoms with van der Waals surface area (Å²) in [5, 5.41) is 0. The van der Waals surface area contributed by atoms with Crippen molar-refractivity contribution < 1.29 is 18.7 Å². The first kappa shape index (κ1) is 19.8. The third kappa shape index (κ3) is 2.74. The molecule has 4 heteroatoms. The fraction of sp³-hybridized carbons (Fsp3) is 0.750. The minimum absolute atomic E-state index is 0.110. The second-order valence-electron chi connectivity index (χ2n) is 10.0. The number of esters is 1. The molecule has 6 atom stereocenters. The molecule has 3 fully saturated rings. The minimum Gasteiger partial charge on any atom is -0.461 e. The summed E-state index contributed by atoms with van der Waals surface area (Å²) in [7, 11) is 0. The molecule has 0 aromatic rings. The normalized spacial score (nSPS) is 44.2. The molecule has 0 saturated heterocycles. The topological polar surface area (TPSA) is 43.4 Å². The van der Waals surface area contributed by atoms with E-state index in [0.717, 1.165) is 32.1 Å². The Bertz CT molecular complexity index is 766. The van der Waals surface area contributed by atoms with E-state index in [-0.39, 0.29) is 23.2 Å². The zero-order valence-electron chi connectivity index (χ0n) is 17.6. The molecule has 0 unspecified atom stereocenters. The summed E-state index contributed by atoms with van der Waals surface area (Å²) >= 11 is 0. The maximum atomic E-state index is 15.0. The lowest BCUT2D eigenvalue weighted by Crippen LogP contribution is -2.52. The van der Waals surface area contributed by atoms with E-state index in [2.05, 4.69) is 20.8 Å². The van der Waals surface area contributed by atoms with Crippen LogP contribution in [0.1, 0.15) is 72.6 Å². The van der Waals surface area contributed by atoms with Gasteiger partial charge in [0.25, 0.3) is 0 Å². The number of fused-ring (bicyclic) bond motifs is 5. The van der Waals surface area contributed by atoms with E-state index in [4.69, 9.17) is 4.74 Å². The van der Waals surface area contributed by atoms with Gasteiger partial charge in [0.15, 0.2) is 5.78 Å². The molecule has 0 radical (unpaired) electrons. The van der Waals surface area contributed by atoms with Crippen molar-refractivity contribution in [3.8, 4) is 0 Å². The van der Waals surface area contributed by atoms with Crippen molar-refractivity contribution in [2.75, 3.05) is 6.61 Å². The highest BCUT2D eigenvalue weighted by atomic mass is 19.1. The summed E-state index contributed by atoms with van der Waals surface area (Å²) < 4.78 is 19.9. The monoisotopic (exact) mass is 388 g/mol. The third-order valence-corrected chi connectivity index (χ3v) is 8.81. The Balaban J connectivity index is 1.69. The summed E-state index contributed by atoms with van der Waals surface area (Å²) in [6.07, 6.45) is 8.11. The average Bonchev–Trinajstić information content (AvgIpc) is 3.00. The lowest BCUT2D eigenvalue weighted by Gasteiger charge is -2.59. The van der Waals surface area contributed by atoms with Crippen LogP contribution in [-0.2, 0) is 14.3 Å². The van der Waals surface area contributed by atoms with E-state index in [1.807, 2.05) is 6.08 Å². The van der Waals surface area contributed by atoms with Gasteiger partial charge in [-0.15, -0.1) is 0 Å². The summed E-state index contributed by atoms with van der Waals surface area (Å²) in [4.78, 5) is 24.1. The highest BCUT2D eigenvalue weighted by Gasteiger charge is 2.60. The number of carbonyl (C=O) groups excluding carboxylic acids is 2. The third-order valence-electron chi connectivity index (χ3n) is 8.81. The molecular weight excluding hydrogens is 355 g/mol. The van der Waals surface area contributed by atoms with E-state index in [1.165, 1.54) is 5.57 Å². The van der Waals surface area contributed by atoms with Crippen LogP contribution in [0, 0.1) is 34.5 Å². The maximum absolute atomic E-state index is 15.0. The maximum Gasteiger partial charge on any atom is 0.367 e. The molecule has 0 aromatic heterocycles. The molecule has 28 heavy (non-hydrogen) atoms.